The van der Waals surface area contributed by atoms with E-state index in [1.54, 1.807) is 21.7 Å². The summed E-state index contributed by atoms with van der Waals surface area (Å²) < 4.78 is 27.0. The van der Waals surface area contributed by atoms with Crippen molar-refractivity contribution in [3.05, 3.63) is 89.7 Å². The van der Waals surface area contributed by atoms with Crippen molar-refractivity contribution in [1.82, 2.24) is 19.6 Å². The van der Waals surface area contributed by atoms with Crippen molar-refractivity contribution in [2.75, 3.05) is 56.7 Å². The maximum Gasteiger partial charge on any atom is 0.242 e. The molecule has 4 heterocycles. The highest BCUT2D eigenvalue weighted by Gasteiger charge is 2.39. The Balaban J connectivity index is 1.40. The second-order valence-electron chi connectivity index (χ2n) is 10.9. The van der Waals surface area contributed by atoms with E-state index >= 15 is 0 Å². The van der Waals surface area contributed by atoms with Crippen LogP contribution in [0.4, 0.5) is 10.2 Å². The van der Waals surface area contributed by atoms with Gasteiger partial charge in [0.25, 0.3) is 0 Å². The molecule has 4 aromatic rings. The molecule has 0 radical (unpaired) electrons. The van der Waals surface area contributed by atoms with E-state index < -0.39 is 0 Å². The first-order valence-corrected chi connectivity index (χ1v) is 15.8. The molecule has 11 heteroatoms. The summed E-state index contributed by atoms with van der Waals surface area (Å²) in [6.07, 6.45) is 0. The monoisotopic (exact) mass is 613 g/mol. The van der Waals surface area contributed by atoms with E-state index in [0.29, 0.717) is 41.8 Å². The van der Waals surface area contributed by atoms with Crippen LogP contribution in [0.2, 0.25) is 0 Å². The van der Waals surface area contributed by atoms with Gasteiger partial charge in [0.05, 0.1) is 22.4 Å². The molecule has 3 aliphatic rings. The maximum atomic E-state index is 14.1. The number of piperazine rings is 1. The molecule has 1 aromatic heterocycles. The number of aromatic nitrogens is 2. The first kappa shape index (κ1) is 28.4. The Bertz CT molecular complexity index is 1690. The van der Waals surface area contributed by atoms with Crippen LogP contribution in [0.15, 0.2) is 72.8 Å². The van der Waals surface area contributed by atoms with Gasteiger partial charge in [0.2, 0.25) is 18.6 Å². The van der Waals surface area contributed by atoms with Gasteiger partial charge in [0.1, 0.15) is 18.2 Å². The van der Waals surface area contributed by atoms with E-state index in [1.165, 1.54) is 23.9 Å². The van der Waals surface area contributed by atoms with Gasteiger partial charge < -0.3 is 19.3 Å². The molecule has 3 aliphatic heterocycles. The molecule has 226 valence electrons. The number of likely N-dealkylation sites (N-methyl/N-ethyl adjacent to an activating group) is 1. The van der Waals surface area contributed by atoms with Gasteiger partial charge in [-0.15, -0.1) is 11.8 Å². The minimum atomic E-state index is -0.376. The zero-order chi connectivity index (χ0) is 30.2. The lowest BCUT2D eigenvalue weighted by Crippen LogP contribution is -2.52. The summed E-state index contributed by atoms with van der Waals surface area (Å²) in [5.41, 5.74) is 3.87. The molecule has 9 nitrogen and oxygen atoms in total. The molecule has 7 rings (SSSR count). The highest BCUT2D eigenvalue weighted by atomic mass is 32.2. The largest absolute Gasteiger partial charge is 0.454 e. The maximum absolute atomic E-state index is 14.1. The van der Waals surface area contributed by atoms with Crippen molar-refractivity contribution in [3.8, 4) is 28.4 Å². The third kappa shape index (κ3) is 5.30. The van der Waals surface area contributed by atoms with E-state index in [1.807, 2.05) is 53.4 Å². The number of thioether (sulfide) groups is 1. The summed E-state index contributed by atoms with van der Waals surface area (Å²) in [6, 6.07) is 21.6. The number of nitrogens with zero attached hydrogens (tertiary/aromatic N) is 5. The molecule has 0 spiro atoms. The molecule has 2 amide bonds. The topological polar surface area (TPSA) is 80.1 Å². The van der Waals surface area contributed by atoms with Crippen LogP contribution in [0, 0.1) is 5.82 Å². The number of fused-ring (bicyclic) bond motifs is 2. The minimum Gasteiger partial charge on any atom is -0.454 e. The number of hydrogen-bond acceptors (Lipinski definition) is 7. The standard InChI is InChI=1S/C33H32FN5O4S/c1-2-36-14-16-37(17-15-36)28(40)19-38-29(41)20-44-32(23-8-13-26-27(18-23)43-21-42-26)30-31(22-6-4-3-5-7-22)35-39(33(30)38)25-11-9-24(34)10-12-25/h3-13,18,32H,2,14-17,19-21H2,1H3. The molecule has 44 heavy (non-hydrogen) atoms. The second kappa shape index (κ2) is 12.0. The SMILES string of the molecule is CCN1CCN(C(=O)CN2C(=O)CSC(c3ccc4c(c3)OCO4)c3c(-c4ccccc4)nn(-c4ccc(F)cc4)c32)CC1. The summed E-state index contributed by atoms with van der Waals surface area (Å²) in [4.78, 5) is 33.5. The molecule has 1 saturated heterocycles. The molecular formula is C33H32FN5O4S. The number of hydrogen-bond donors (Lipinski definition) is 0. The van der Waals surface area contributed by atoms with Crippen LogP contribution in [0.1, 0.15) is 23.3 Å². The zero-order valence-corrected chi connectivity index (χ0v) is 25.1. The first-order chi connectivity index (χ1) is 21.5. The van der Waals surface area contributed by atoms with Gasteiger partial charge >= 0.3 is 0 Å². The zero-order valence-electron chi connectivity index (χ0n) is 24.3. The van der Waals surface area contributed by atoms with Gasteiger partial charge in [-0.1, -0.05) is 43.3 Å². The van der Waals surface area contributed by atoms with Crippen LogP contribution in [-0.2, 0) is 9.59 Å². The summed E-state index contributed by atoms with van der Waals surface area (Å²) in [7, 11) is 0. The van der Waals surface area contributed by atoms with E-state index in [2.05, 4.69) is 11.8 Å². The Kier molecular flexibility index (Phi) is 7.73. The van der Waals surface area contributed by atoms with Crippen molar-refractivity contribution in [3.63, 3.8) is 0 Å². The van der Waals surface area contributed by atoms with E-state index in [9.17, 15) is 14.0 Å². The Morgan fingerprint density at radius 2 is 1.73 bits per heavy atom. The van der Waals surface area contributed by atoms with Gasteiger partial charge in [-0.05, 0) is 48.5 Å². The number of amides is 2. The van der Waals surface area contributed by atoms with Crippen molar-refractivity contribution >= 4 is 29.4 Å². The molecular weight excluding hydrogens is 581 g/mol. The fraction of sp³-hybridized carbons (Fsp3) is 0.303. The summed E-state index contributed by atoms with van der Waals surface area (Å²) in [5.74, 6) is 1.30. The predicted octanol–water partition coefficient (Wildman–Crippen LogP) is 4.74. The van der Waals surface area contributed by atoms with Crippen LogP contribution < -0.4 is 14.4 Å². The van der Waals surface area contributed by atoms with Gasteiger partial charge in [-0.25, -0.2) is 9.07 Å². The van der Waals surface area contributed by atoms with Crippen LogP contribution in [0.3, 0.4) is 0 Å². The molecule has 1 fully saturated rings. The smallest absolute Gasteiger partial charge is 0.242 e. The fourth-order valence-corrected chi connectivity index (χ4v) is 7.17. The highest BCUT2D eigenvalue weighted by Crippen LogP contribution is 2.50. The number of halogens is 1. The molecule has 0 aliphatic carbocycles. The number of anilines is 1. The average Bonchev–Trinajstić information content (AvgIpc) is 3.66. The molecule has 0 bridgehead atoms. The number of benzene rings is 3. The van der Waals surface area contributed by atoms with Crippen molar-refractivity contribution in [1.29, 1.82) is 0 Å². The third-order valence-corrected chi connectivity index (χ3v) is 9.63. The van der Waals surface area contributed by atoms with E-state index in [4.69, 9.17) is 14.6 Å². The van der Waals surface area contributed by atoms with Gasteiger partial charge in [-0.2, -0.15) is 5.10 Å². The van der Waals surface area contributed by atoms with Crippen molar-refractivity contribution in [2.24, 2.45) is 0 Å². The third-order valence-electron chi connectivity index (χ3n) is 8.37. The lowest BCUT2D eigenvalue weighted by atomic mass is 9.99. The van der Waals surface area contributed by atoms with Crippen LogP contribution in [0.5, 0.6) is 11.5 Å². The molecule has 0 N–H and O–H groups in total. The average molecular weight is 614 g/mol. The summed E-state index contributed by atoms with van der Waals surface area (Å²) in [6.45, 7) is 5.92. The fourth-order valence-electron chi connectivity index (χ4n) is 5.98. The van der Waals surface area contributed by atoms with Gasteiger partial charge in [0.15, 0.2) is 11.5 Å². The predicted molar refractivity (Wildman–Crippen MR) is 167 cm³/mol. The minimum absolute atomic E-state index is 0.111. The quantitative estimate of drug-likeness (QED) is 0.311. The van der Waals surface area contributed by atoms with Crippen LogP contribution in [0.25, 0.3) is 16.9 Å². The summed E-state index contributed by atoms with van der Waals surface area (Å²) >= 11 is 1.49. The lowest BCUT2D eigenvalue weighted by molar-refractivity contribution is -0.132. The van der Waals surface area contributed by atoms with Crippen LogP contribution >= 0.6 is 11.8 Å². The van der Waals surface area contributed by atoms with Crippen molar-refractivity contribution in [2.45, 2.75) is 12.2 Å². The molecule has 3 aromatic carbocycles. The Morgan fingerprint density at radius 3 is 2.48 bits per heavy atom. The lowest BCUT2D eigenvalue weighted by Gasteiger charge is -2.35. The van der Waals surface area contributed by atoms with Gasteiger partial charge in [-0.3, -0.25) is 14.5 Å². The number of ether oxygens (including phenoxy) is 2. The molecule has 1 unspecified atom stereocenters. The Hall–Kier alpha value is -4.35. The number of carbonyl (C=O) groups excluding carboxylic acids is 2. The number of rotatable bonds is 6. The summed E-state index contributed by atoms with van der Waals surface area (Å²) in [5, 5.41) is 4.76. The molecule has 1 atom stereocenters. The highest BCUT2D eigenvalue weighted by molar-refractivity contribution is 8.00. The first-order valence-electron chi connectivity index (χ1n) is 14.8. The number of carbonyl (C=O) groups is 2. The molecule has 0 saturated carbocycles. The Labute approximate surface area is 259 Å². The van der Waals surface area contributed by atoms with Crippen molar-refractivity contribution < 1.29 is 23.5 Å². The van der Waals surface area contributed by atoms with Crippen LogP contribution in [-0.4, -0.2) is 83.2 Å². The van der Waals surface area contributed by atoms with E-state index in [-0.39, 0.29) is 42.0 Å². The normalized spacial score (nSPS) is 18.3. The Morgan fingerprint density at radius 1 is 0.977 bits per heavy atom. The van der Waals surface area contributed by atoms with Gasteiger partial charge in [0, 0.05) is 37.3 Å². The van der Waals surface area contributed by atoms with E-state index in [0.717, 1.165) is 36.3 Å². The second-order valence-corrected chi connectivity index (χ2v) is 12.0.